The first kappa shape index (κ1) is 20.6. The molecule has 1 heterocycles. The third-order valence-electron chi connectivity index (χ3n) is 3.98. The van der Waals surface area contributed by atoms with Crippen LogP contribution >= 0.6 is 39.9 Å². The Kier molecular flexibility index (Phi) is 6.53. The van der Waals surface area contributed by atoms with Crippen LogP contribution in [0.2, 0.25) is 0 Å². The van der Waals surface area contributed by atoms with Gasteiger partial charge in [-0.2, -0.15) is 0 Å². The van der Waals surface area contributed by atoms with E-state index in [2.05, 4.69) is 15.9 Å². The fraction of sp³-hybridized carbons (Fsp3) is 0.150. The van der Waals surface area contributed by atoms with Gasteiger partial charge in [0.1, 0.15) is 5.75 Å². The molecule has 0 saturated carbocycles. The van der Waals surface area contributed by atoms with Crippen LogP contribution in [0.15, 0.2) is 57.9 Å². The topological polar surface area (TPSA) is 66.8 Å². The van der Waals surface area contributed by atoms with E-state index in [4.69, 9.17) is 22.1 Å². The molecule has 28 heavy (non-hydrogen) atoms. The van der Waals surface area contributed by atoms with Crippen LogP contribution in [0.1, 0.15) is 18.9 Å². The summed E-state index contributed by atoms with van der Waals surface area (Å²) in [6, 6.07) is 14.3. The van der Waals surface area contributed by atoms with E-state index in [0.29, 0.717) is 21.4 Å². The number of halogens is 1. The monoisotopic (exact) mass is 477 g/mol. The van der Waals surface area contributed by atoms with Gasteiger partial charge in [-0.15, -0.1) is 0 Å². The molecule has 144 valence electrons. The summed E-state index contributed by atoms with van der Waals surface area (Å²) in [6.45, 7) is 1.75. The number of nitrogens with zero attached hydrogens (tertiary/aromatic N) is 1. The summed E-state index contributed by atoms with van der Waals surface area (Å²) >= 11 is 10.00. The zero-order valence-corrected chi connectivity index (χ0v) is 18.0. The van der Waals surface area contributed by atoms with Gasteiger partial charge in [-0.25, -0.2) is 4.79 Å². The second-order valence-corrected chi connectivity index (χ2v) is 8.51. The van der Waals surface area contributed by atoms with Gasteiger partial charge in [-0.1, -0.05) is 59.0 Å². The van der Waals surface area contributed by atoms with E-state index >= 15 is 0 Å². The first-order valence-corrected chi connectivity index (χ1v) is 10.4. The van der Waals surface area contributed by atoms with Crippen molar-refractivity contribution in [3.8, 4) is 5.75 Å². The molecule has 0 spiro atoms. The third-order valence-corrected chi connectivity index (χ3v) is 5.81. The Hall–Kier alpha value is -2.16. The molecule has 3 rings (SSSR count). The summed E-state index contributed by atoms with van der Waals surface area (Å²) < 4.78 is 6.85. The number of carbonyl (C=O) groups is 2. The van der Waals surface area contributed by atoms with Crippen LogP contribution in [-0.2, 0) is 9.59 Å². The first-order chi connectivity index (χ1) is 13.4. The van der Waals surface area contributed by atoms with Gasteiger partial charge in [-0.3, -0.25) is 9.69 Å². The van der Waals surface area contributed by atoms with E-state index in [0.717, 1.165) is 15.7 Å². The van der Waals surface area contributed by atoms with Crippen molar-refractivity contribution in [2.45, 2.75) is 19.4 Å². The summed E-state index contributed by atoms with van der Waals surface area (Å²) in [5, 5.41) is 9.07. The Morgan fingerprint density at radius 1 is 1.25 bits per heavy atom. The average molecular weight is 478 g/mol. The van der Waals surface area contributed by atoms with Crippen LogP contribution in [0.3, 0.4) is 0 Å². The number of benzene rings is 2. The lowest BCUT2D eigenvalue weighted by Gasteiger charge is -2.14. The highest BCUT2D eigenvalue weighted by atomic mass is 79.9. The molecule has 1 fully saturated rings. The van der Waals surface area contributed by atoms with Crippen molar-refractivity contribution in [3.05, 3.63) is 63.5 Å². The molecule has 1 atom stereocenters. The summed E-state index contributed by atoms with van der Waals surface area (Å²) in [7, 11) is 0. The minimum Gasteiger partial charge on any atom is -0.479 e. The standard InChI is InChI=1S/C20H16BrNO4S2/c1-2-16(19(24)25)26-15-9-3-12(4-10-15)11-17-18(23)22(20(27)28-17)14-7-5-13(21)6-8-14/h3-11,16H,2H2,1H3,(H,24,25)/b17-11+. The minimum absolute atomic E-state index is 0.172. The van der Waals surface area contributed by atoms with Crippen molar-refractivity contribution < 1.29 is 19.4 Å². The molecule has 1 amide bonds. The fourth-order valence-corrected chi connectivity index (χ4v) is 4.11. The highest BCUT2D eigenvalue weighted by Crippen LogP contribution is 2.36. The number of thioether (sulfide) groups is 1. The van der Waals surface area contributed by atoms with E-state index in [9.17, 15) is 9.59 Å². The lowest BCUT2D eigenvalue weighted by atomic mass is 10.2. The molecule has 1 unspecified atom stereocenters. The SMILES string of the molecule is CCC(Oc1ccc(/C=C2/SC(=S)N(c3ccc(Br)cc3)C2=O)cc1)C(=O)O. The van der Waals surface area contributed by atoms with Gasteiger partial charge in [0.2, 0.25) is 0 Å². The Bertz CT molecular complexity index is 942. The second-order valence-electron chi connectivity index (χ2n) is 5.92. The highest BCUT2D eigenvalue weighted by Gasteiger charge is 2.33. The number of carboxylic acid groups (broad SMARTS) is 1. The van der Waals surface area contributed by atoms with E-state index < -0.39 is 12.1 Å². The predicted octanol–water partition coefficient (Wildman–Crippen LogP) is 5.10. The van der Waals surface area contributed by atoms with Gasteiger partial charge in [-0.05, 0) is 54.5 Å². The Morgan fingerprint density at radius 2 is 1.89 bits per heavy atom. The quantitative estimate of drug-likeness (QED) is 0.461. The van der Waals surface area contributed by atoms with Gasteiger partial charge in [0.25, 0.3) is 5.91 Å². The summed E-state index contributed by atoms with van der Waals surface area (Å²) in [6.07, 6.45) is 1.25. The molecule has 5 nitrogen and oxygen atoms in total. The van der Waals surface area contributed by atoms with Crippen LogP contribution in [0, 0.1) is 0 Å². The lowest BCUT2D eigenvalue weighted by molar-refractivity contribution is -0.145. The lowest BCUT2D eigenvalue weighted by Crippen LogP contribution is -2.27. The number of hydrogen-bond acceptors (Lipinski definition) is 5. The zero-order chi connectivity index (χ0) is 20.3. The van der Waals surface area contributed by atoms with E-state index in [1.807, 2.05) is 24.3 Å². The van der Waals surface area contributed by atoms with Crippen LogP contribution in [0.25, 0.3) is 6.08 Å². The Balaban J connectivity index is 1.76. The molecular weight excluding hydrogens is 462 g/mol. The maximum Gasteiger partial charge on any atom is 0.344 e. The van der Waals surface area contributed by atoms with Crippen LogP contribution in [0.5, 0.6) is 5.75 Å². The second kappa shape index (κ2) is 8.89. The molecule has 0 bridgehead atoms. The molecule has 1 aliphatic heterocycles. The number of carbonyl (C=O) groups excluding carboxylic acids is 1. The smallest absolute Gasteiger partial charge is 0.344 e. The highest BCUT2D eigenvalue weighted by molar-refractivity contribution is 9.10. The van der Waals surface area contributed by atoms with Crippen molar-refractivity contribution >= 4 is 67.9 Å². The number of aliphatic carboxylic acids is 1. The maximum absolute atomic E-state index is 12.8. The average Bonchev–Trinajstić information content (AvgIpc) is 2.95. The molecule has 2 aromatic rings. The summed E-state index contributed by atoms with van der Waals surface area (Å²) in [5.41, 5.74) is 1.52. The molecule has 1 aliphatic rings. The molecule has 8 heteroatoms. The third kappa shape index (κ3) is 4.63. The van der Waals surface area contributed by atoms with Gasteiger partial charge in [0.15, 0.2) is 10.4 Å². The zero-order valence-electron chi connectivity index (χ0n) is 14.8. The van der Waals surface area contributed by atoms with Gasteiger partial charge < -0.3 is 9.84 Å². The number of rotatable bonds is 6. The fourth-order valence-electron chi connectivity index (χ4n) is 2.55. The number of carboxylic acids is 1. The maximum atomic E-state index is 12.8. The number of amides is 1. The van der Waals surface area contributed by atoms with E-state index in [1.165, 1.54) is 16.7 Å². The normalized spacial score (nSPS) is 16.5. The molecular formula is C20H16BrNO4S2. The molecule has 1 saturated heterocycles. The van der Waals surface area contributed by atoms with Gasteiger partial charge in [0.05, 0.1) is 10.6 Å². The van der Waals surface area contributed by atoms with Crippen molar-refractivity contribution in [3.63, 3.8) is 0 Å². The van der Waals surface area contributed by atoms with Crippen LogP contribution in [0.4, 0.5) is 5.69 Å². The van der Waals surface area contributed by atoms with E-state index in [1.54, 1.807) is 37.3 Å². The minimum atomic E-state index is -0.997. The number of thiocarbonyl (C=S) groups is 1. The van der Waals surface area contributed by atoms with Gasteiger partial charge >= 0.3 is 5.97 Å². The molecule has 0 aliphatic carbocycles. The van der Waals surface area contributed by atoms with Crippen molar-refractivity contribution in [1.82, 2.24) is 0 Å². The van der Waals surface area contributed by atoms with Crippen molar-refractivity contribution in [2.24, 2.45) is 0 Å². The van der Waals surface area contributed by atoms with Crippen molar-refractivity contribution in [2.75, 3.05) is 4.90 Å². The Labute approximate surface area is 180 Å². The predicted molar refractivity (Wildman–Crippen MR) is 119 cm³/mol. The number of hydrogen-bond donors (Lipinski definition) is 1. The largest absolute Gasteiger partial charge is 0.479 e. The Morgan fingerprint density at radius 3 is 2.46 bits per heavy atom. The number of anilines is 1. The first-order valence-electron chi connectivity index (χ1n) is 8.42. The van der Waals surface area contributed by atoms with E-state index in [-0.39, 0.29) is 5.91 Å². The van der Waals surface area contributed by atoms with Crippen molar-refractivity contribution in [1.29, 1.82) is 0 Å². The number of ether oxygens (including phenoxy) is 1. The van der Waals surface area contributed by atoms with Gasteiger partial charge in [0, 0.05) is 4.47 Å². The summed E-state index contributed by atoms with van der Waals surface area (Å²) in [4.78, 5) is 25.9. The van der Waals surface area contributed by atoms with Crippen LogP contribution in [-0.4, -0.2) is 27.4 Å². The van der Waals surface area contributed by atoms with Crippen LogP contribution < -0.4 is 9.64 Å². The molecule has 1 N–H and O–H groups in total. The summed E-state index contributed by atoms with van der Waals surface area (Å²) in [5.74, 6) is -0.702. The molecule has 0 radical (unpaired) electrons. The molecule has 0 aromatic heterocycles. The molecule has 2 aromatic carbocycles.